The Morgan fingerprint density at radius 3 is 2.38 bits per heavy atom. The number of sulfone groups is 1. The standard InChI is InChI=1S/C21H28ClNO5S/c1-15(2)12-23(18-8-11-29(26,27)14-18)19(24)13-28-20(25)21(9-3-10-21)16-4-6-17(22)7-5-16/h4-7,15,18H,3,8-14H2,1-2H3. The molecule has 1 unspecified atom stereocenters. The van der Waals surface area contributed by atoms with Crippen LogP contribution < -0.4 is 0 Å². The summed E-state index contributed by atoms with van der Waals surface area (Å²) < 4.78 is 29.1. The molecule has 2 aliphatic rings. The van der Waals surface area contributed by atoms with Crippen molar-refractivity contribution in [3.05, 3.63) is 34.9 Å². The van der Waals surface area contributed by atoms with E-state index in [0.717, 1.165) is 12.0 Å². The summed E-state index contributed by atoms with van der Waals surface area (Å²) in [6.45, 7) is 4.02. The molecule has 1 aromatic rings. The molecule has 1 amide bonds. The van der Waals surface area contributed by atoms with Crippen LogP contribution in [0, 0.1) is 5.92 Å². The third-order valence-corrected chi connectivity index (χ3v) is 7.86. The van der Waals surface area contributed by atoms with E-state index in [9.17, 15) is 18.0 Å². The molecule has 2 fully saturated rings. The summed E-state index contributed by atoms with van der Waals surface area (Å²) in [4.78, 5) is 27.3. The minimum Gasteiger partial charge on any atom is -0.455 e. The Hall–Kier alpha value is -1.60. The van der Waals surface area contributed by atoms with Crippen LogP contribution >= 0.6 is 11.6 Å². The number of esters is 1. The zero-order valence-corrected chi connectivity index (χ0v) is 18.5. The Balaban J connectivity index is 1.67. The van der Waals surface area contributed by atoms with Gasteiger partial charge in [0.05, 0.1) is 16.9 Å². The number of nitrogens with zero attached hydrogens (tertiary/aromatic N) is 1. The predicted molar refractivity (Wildman–Crippen MR) is 112 cm³/mol. The second-order valence-corrected chi connectivity index (χ2v) is 11.2. The average molecular weight is 442 g/mol. The van der Waals surface area contributed by atoms with Crippen molar-refractivity contribution in [2.24, 2.45) is 5.92 Å². The summed E-state index contributed by atoms with van der Waals surface area (Å²) in [5.41, 5.74) is 0.135. The average Bonchev–Trinajstić information content (AvgIpc) is 2.97. The zero-order valence-electron chi connectivity index (χ0n) is 16.9. The molecule has 0 radical (unpaired) electrons. The maximum absolute atomic E-state index is 12.9. The van der Waals surface area contributed by atoms with Crippen molar-refractivity contribution < 1.29 is 22.7 Å². The van der Waals surface area contributed by atoms with Gasteiger partial charge in [-0.15, -0.1) is 0 Å². The normalized spacial score (nSPS) is 22.1. The van der Waals surface area contributed by atoms with Crippen LogP contribution in [0.3, 0.4) is 0 Å². The highest BCUT2D eigenvalue weighted by atomic mass is 35.5. The second-order valence-electron chi connectivity index (χ2n) is 8.52. The molecular weight excluding hydrogens is 414 g/mol. The van der Waals surface area contributed by atoms with Crippen molar-refractivity contribution in [3.63, 3.8) is 0 Å². The van der Waals surface area contributed by atoms with Gasteiger partial charge in [-0.2, -0.15) is 0 Å². The third-order valence-electron chi connectivity index (χ3n) is 5.85. The molecule has 3 rings (SSSR count). The first kappa shape index (κ1) is 22.1. The van der Waals surface area contributed by atoms with Gasteiger partial charge >= 0.3 is 5.97 Å². The topological polar surface area (TPSA) is 80.8 Å². The van der Waals surface area contributed by atoms with Crippen molar-refractivity contribution in [2.45, 2.75) is 51.0 Å². The Morgan fingerprint density at radius 1 is 1.24 bits per heavy atom. The minimum absolute atomic E-state index is 0.0197. The Bertz CT molecular complexity index is 862. The number of rotatable bonds is 7. The second kappa shape index (κ2) is 8.64. The fraction of sp³-hybridized carbons (Fsp3) is 0.619. The van der Waals surface area contributed by atoms with Gasteiger partial charge in [0.2, 0.25) is 0 Å². The number of amides is 1. The first-order chi connectivity index (χ1) is 13.6. The van der Waals surface area contributed by atoms with E-state index in [2.05, 4.69) is 0 Å². The summed E-state index contributed by atoms with van der Waals surface area (Å²) in [7, 11) is -3.11. The summed E-state index contributed by atoms with van der Waals surface area (Å²) >= 11 is 5.95. The Morgan fingerprint density at radius 2 is 1.90 bits per heavy atom. The lowest BCUT2D eigenvalue weighted by molar-refractivity contribution is -0.160. The quantitative estimate of drug-likeness (QED) is 0.607. The number of carbonyl (C=O) groups is 2. The largest absolute Gasteiger partial charge is 0.455 e. The molecule has 160 valence electrons. The number of hydrogen-bond acceptors (Lipinski definition) is 5. The van der Waals surface area contributed by atoms with Crippen molar-refractivity contribution >= 4 is 33.3 Å². The van der Waals surface area contributed by atoms with Crippen molar-refractivity contribution in [3.8, 4) is 0 Å². The van der Waals surface area contributed by atoms with Gasteiger partial charge in [-0.25, -0.2) is 8.42 Å². The first-order valence-electron chi connectivity index (χ1n) is 10.1. The lowest BCUT2D eigenvalue weighted by atomic mass is 9.64. The van der Waals surface area contributed by atoms with Gasteiger partial charge in [-0.1, -0.05) is 44.0 Å². The van der Waals surface area contributed by atoms with Gasteiger partial charge in [0.1, 0.15) is 0 Å². The van der Waals surface area contributed by atoms with Crippen LogP contribution in [-0.2, 0) is 29.6 Å². The number of halogens is 1. The van der Waals surface area contributed by atoms with Gasteiger partial charge < -0.3 is 9.64 Å². The zero-order chi connectivity index (χ0) is 21.2. The predicted octanol–water partition coefficient (Wildman–Crippen LogP) is 2.98. The molecule has 1 aliphatic heterocycles. The molecule has 0 bridgehead atoms. The number of carbonyl (C=O) groups excluding carboxylic acids is 2. The number of ether oxygens (including phenoxy) is 1. The summed E-state index contributed by atoms with van der Waals surface area (Å²) in [5.74, 6) is -0.472. The maximum atomic E-state index is 12.9. The van der Waals surface area contributed by atoms with E-state index in [1.165, 1.54) is 0 Å². The van der Waals surface area contributed by atoms with Crippen LogP contribution in [0.25, 0.3) is 0 Å². The first-order valence-corrected chi connectivity index (χ1v) is 12.3. The van der Waals surface area contributed by atoms with Crippen LogP contribution in [0.15, 0.2) is 24.3 Å². The minimum atomic E-state index is -3.11. The van der Waals surface area contributed by atoms with Crippen LogP contribution in [-0.4, -0.2) is 55.9 Å². The molecule has 29 heavy (non-hydrogen) atoms. The van der Waals surface area contributed by atoms with E-state index in [1.54, 1.807) is 17.0 Å². The van der Waals surface area contributed by atoms with Gasteiger partial charge in [0, 0.05) is 17.6 Å². The maximum Gasteiger partial charge on any atom is 0.317 e. The highest BCUT2D eigenvalue weighted by molar-refractivity contribution is 7.91. The fourth-order valence-electron chi connectivity index (χ4n) is 4.13. The van der Waals surface area contributed by atoms with Crippen molar-refractivity contribution in [1.82, 2.24) is 4.90 Å². The SMILES string of the molecule is CC(C)CN(C(=O)COC(=O)C1(c2ccc(Cl)cc2)CCC1)C1CCS(=O)(=O)C1. The van der Waals surface area contributed by atoms with Crippen LogP contribution in [0.5, 0.6) is 0 Å². The van der Waals surface area contributed by atoms with E-state index >= 15 is 0 Å². The van der Waals surface area contributed by atoms with Gasteiger partial charge in [-0.05, 0) is 42.9 Å². The molecular formula is C21H28ClNO5S. The van der Waals surface area contributed by atoms with Crippen LogP contribution in [0.4, 0.5) is 0 Å². The molecule has 1 aromatic carbocycles. The lowest BCUT2D eigenvalue weighted by Crippen LogP contribution is -2.48. The number of benzene rings is 1. The van der Waals surface area contributed by atoms with Gasteiger partial charge in [0.15, 0.2) is 16.4 Å². The molecule has 1 atom stereocenters. The van der Waals surface area contributed by atoms with E-state index < -0.39 is 21.2 Å². The fourth-order valence-corrected chi connectivity index (χ4v) is 5.98. The Kier molecular flexibility index (Phi) is 6.58. The summed E-state index contributed by atoms with van der Waals surface area (Å²) in [6, 6.07) is 6.82. The smallest absolute Gasteiger partial charge is 0.317 e. The highest BCUT2D eigenvalue weighted by Crippen LogP contribution is 2.45. The highest BCUT2D eigenvalue weighted by Gasteiger charge is 2.47. The monoisotopic (exact) mass is 441 g/mol. The molecule has 1 heterocycles. The molecule has 1 saturated carbocycles. The van der Waals surface area contributed by atoms with Gasteiger partial charge in [0.25, 0.3) is 5.91 Å². The molecule has 0 aromatic heterocycles. The Labute approximate surface area is 177 Å². The number of hydrogen-bond donors (Lipinski definition) is 0. The van der Waals surface area contributed by atoms with Gasteiger partial charge in [-0.3, -0.25) is 9.59 Å². The van der Waals surface area contributed by atoms with E-state index in [-0.39, 0.29) is 36.0 Å². The van der Waals surface area contributed by atoms with Crippen LogP contribution in [0.1, 0.15) is 45.1 Å². The van der Waals surface area contributed by atoms with Crippen molar-refractivity contribution in [2.75, 3.05) is 24.7 Å². The molecule has 0 spiro atoms. The van der Waals surface area contributed by atoms with E-state index in [0.29, 0.717) is 30.8 Å². The summed E-state index contributed by atoms with van der Waals surface area (Å²) in [6.07, 6.45) is 2.71. The van der Waals surface area contributed by atoms with Crippen molar-refractivity contribution in [1.29, 1.82) is 0 Å². The summed E-state index contributed by atoms with van der Waals surface area (Å²) in [5, 5.41) is 0.600. The lowest BCUT2D eigenvalue weighted by Gasteiger charge is -2.40. The van der Waals surface area contributed by atoms with E-state index in [1.807, 2.05) is 26.0 Å². The third kappa shape index (κ3) is 4.94. The molecule has 8 heteroatoms. The molecule has 1 aliphatic carbocycles. The molecule has 1 saturated heterocycles. The molecule has 6 nitrogen and oxygen atoms in total. The van der Waals surface area contributed by atoms with E-state index in [4.69, 9.17) is 16.3 Å². The molecule has 0 N–H and O–H groups in total. The van der Waals surface area contributed by atoms with Crippen LogP contribution in [0.2, 0.25) is 5.02 Å².